The average molecular weight is 238 g/mol. The van der Waals surface area contributed by atoms with Gasteiger partial charge in [-0.25, -0.2) is 4.98 Å². The molecule has 4 heteroatoms. The van der Waals surface area contributed by atoms with Crippen LogP contribution in [0.5, 0.6) is 0 Å². The van der Waals surface area contributed by atoms with E-state index in [0.717, 1.165) is 5.69 Å². The summed E-state index contributed by atoms with van der Waals surface area (Å²) < 4.78 is 0. The van der Waals surface area contributed by atoms with E-state index in [0.29, 0.717) is 15.9 Å². The predicted octanol–water partition coefficient (Wildman–Crippen LogP) is 3.93. The van der Waals surface area contributed by atoms with Crippen molar-refractivity contribution in [2.24, 2.45) is 0 Å². The average Bonchev–Trinajstić information content (AvgIpc) is 2.25. The molecule has 1 N–H and O–H groups in total. The molecule has 0 aliphatic rings. The number of hydrogen-bond donors (Lipinski definition) is 1. The van der Waals surface area contributed by atoms with Crippen molar-refractivity contribution < 1.29 is 0 Å². The van der Waals surface area contributed by atoms with E-state index in [2.05, 4.69) is 16.4 Å². The summed E-state index contributed by atoms with van der Waals surface area (Å²) in [5, 5.41) is 4.25. The van der Waals surface area contributed by atoms with Gasteiger partial charge in [-0.15, -0.1) is 0 Å². The number of halogens is 2. The van der Waals surface area contributed by atoms with E-state index >= 15 is 0 Å². The Bertz CT molecular complexity index is 457. The Morgan fingerprint density at radius 1 is 1.27 bits per heavy atom. The zero-order valence-electron chi connectivity index (χ0n) is 7.67. The van der Waals surface area contributed by atoms with Crippen LogP contribution in [0, 0.1) is 6.07 Å². The molecule has 0 saturated carbocycles. The van der Waals surface area contributed by atoms with Crippen molar-refractivity contribution in [1.82, 2.24) is 4.98 Å². The minimum Gasteiger partial charge on any atom is -0.338 e. The highest BCUT2D eigenvalue weighted by Gasteiger charge is 2.01. The molecular formula is C11H7Cl2N2. The van der Waals surface area contributed by atoms with Gasteiger partial charge in [0.2, 0.25) is 0 Å². The van der Waals surface area contributed by atoms with Crippen LogP contribution in [0.3, 0.4) is 0 Å². The van der Waals surface area contributed by atoms with Gasteiger partial charge in [0.15, 0.2) is 0 Å². The minimum atomic E-state index is 0.596. The summed E-state index contributed by atoms with van der Waals surface area (Å²) in [4.78, 5) is 4.08. The van der Waals surface area contributed by atoms with Crippen molar-refractivity contribution in [2.45, 2.75) is 0 Å². The topological polar surface area (TPSA) is 24.9 Å². The van der Waals surface area contributed by atoms with Crippen LogP contribution in [-0.2, 0) is 0 Å². The van der Waals surface area contributed by atoms with Gasteiger partial charge in [-0.3, -0.25) is 0 Å². The van der Waals surface area contributed by atoms with E-state index in [1.54, 1.807) is 36.5 Å². The predicted molar refractivity (Wildman–Crippen MR) is 62.8 cm³/mol. The van der Waals surface area contributed by atoms with Crippen LogP contribution in [0.4, 0.5) is 11.5 Å². The molecule has 1 aromatic heterocycles. The van der Waals surface area contributed by atoms with E-state index < -0.39 is 0 Å². The first-order chi connectivity index (χ1) is 7.25. The van der Waals surface area contributed by atoms with Gasteiger partial charge in [0.05, 0.1) is 10.7 Å². The first-order valence-electron chi connectivity index (χ1n) is 4.30. The Balaban J connectivity index is 2.28. The molecule has 0 aliphatic heterocycles. The third-order valence-corrected chi connectivity index (χ3v) is 2.35. The van der Waals surface area contributed by atoms with Gasteiger partial charge < -0.3 is 5.32 Å². The number of rotatable bonds is 2. The molecule has 1 aromatic carbocycles. The van der Waals surface area contributed by atoms with E-state index in [-0.39, 0.29) is 0 Å². The monoisotopic (exact) mass is 237 g/mol. The van der Waals surface area contributed by atoms with Crippen molar-refractivity contribution in [2.75, 3.05) is 5.32 Å². The number of nitrogens with zero attached hydrogens (tertiary/aromatic N) is 1. The maximum absolute atomic E-state index is 5.98. The summed E-state index contributed by atoms with van der Waals surface area (Å²) in [5.74, 6) is 0.613. The van der Waals surface area contributed by atoms with Crippen LogP contribution in [0.1, 0.15) is 0 Å². The Labute approximate surface area is 97.9 Å². The third-order valence-electron chi connectivity index (χ3n) is 1.79. The van der Waals surface area contributed by atoms with Crippen LogP contribution in [-0.4, -0.2) is 4.98 Å². The Morgan fingerprint density at radius 2 is 2.13 bits per heavy atom. The maximum Gasteiger partial charge on any atom is 0.138 e. The molecule has 2 rings (SSSR count). The summed E-state index contributed by atoms with van der Waals surface area (Å²) in [6.45, 7) is 0. The highest BCUT2D eigenvalue weighted by Crippen LogP contribution is 2.27. The van der Waals surface area contributed by atoms with Crippen molar-refractivity contribution in [3.05, 3.63) is 52.6 Å². The van der Waals surface area contributed by atoms with Gasteiger partial charge in [-0.1, -0.05) is 23.2 Å². The first kappa shape index (κ1) is 10.3. The van der Waals surface area contributed by atoms with Gasteiger partial charge in [-0.2, -0.15) is 0 Å². The van der Waals surface area contributed by atoms with Gasteiger partial charge >= 0.3 is 0 Å². The van der Waals surface area contributed by atoms with Crippen molar-refractivity contribution in [3.8, 4) is 0 Å². The molecule has 0 bridgehead atoms. The van der Waals surface area contributed by atoms with Crippen molar-refractivity contribution >= 4 is 34.7 Å². The van der Waals surface area contributed by atoms with E-state index in [9.17, 15) is 0 Å². The first-order valence-corrected chi connectivity index (χ1v) is 5.06. The van der Waals surface area contributed by atoms with Gasteiger partial charge in [0.25, 0.3) is 0 Å². The number of pyridine rings is 1. The number of nitrogens with one attached hydrogen (secondary N) is 1. The van der Waals surface area contributed by atoms with Crippen LogP contribution < -0.4 is 5.32 Å². The third kappa shape index (κ3) is 2.61. The van der Waals surface area contributed by atoms with Gasteiger partial charge in [-0.05, 0) is 30.3 Å². The van der Waals surface area contributed by atoms with Crippen molar-refractivity contribution in [3.63, 3.8) is 0 Å². The second-order valence-electron chi connectivity index (χ2n) is 2.88. The van der Waals surface area contributed by atoms with Crippen molar-refractivity contribution in [1.29, 1.82) is 0 Å². The second-order valence-corrected chi connectivity index (χ2v) is 3.72. The van der Waals surface area contributed by atoms with Gasteiger partial charge in [0, 0.05) is 17.3 Å². The van der Waals surface area contributed by atoms with Gasteiger partial charge in [0.1, 0.15) is 5.82 Å². The SMILES string of the molecule is Clc1ccc(Cl)c(Nc2[c]cccn2)c1. The summed E-state index contributed by atoms with van der Waals surface area (Å²) >= 11 is 11.8. The molecule has 0 unspecified atom stereocenters. The number of aromatic nitrogens is 1. The number of hydrogen-bond acceptors (Lipinski definition) is 2. The standard InChI is InChI=1S/C11H7Cl2N2/c12-8-4-5-9(13)10(7-8)15-11-3-1-2-6-14-11/h1-2,4-7H,(H,14,15). The second kappa shape index (κ2) is 4.51. The largest absolute Gasteiger partial charge is 0.338 e. The fraction of sp³-hybridized carbons (Fsp3) is 0. The smallest absolute Gasteiger partial charge is 0.138 e. The molecule has 15 heavy (non-hydrogen) atoms. The van der Waals surface area contributed by atoms with E-state index in [1.807, 2.05) is 0 Å². The fourth-order valence-corrected chi connectivity index (χ4v) is 1.45. The van der Waals surface area contributed by atoms with Crippen LogP contribution >= 0.6 is 23.2 Å². The molecule has 0 spiro atoms. The molecule has 0 aliphatic carbocycles. The Kier molecular flexibility index (Phi) is 3.09. The molecule has 0 atom stereocenters. The lowest BCUT2D eigenvalue weighted by Crippen LogP contribution is -1.93. The highest BCUT2D eigenvalue weighted by atomic mass is 35.5. The van der Waals surface area contributed by atoms with Crippen LogP contribution in [0.25, 0.3) is 0 Å². The van der Waals surface area contributed by atoms with Crippen LogP contribution in [0.2, 0.25) is 10.0 Å². The molecule has 0 amide bonds. The highest BCUT2D eigenvalue weighted by molar-refractivity contribution is 6.35. The Morgan fingerprint density at radius 3 is 2.87 bits per heavy atom. The minimum absolute atomic E-state index is 0.596. The molecule has 0 saturated heterocycles. The van der Waals surface area contributed by atoms with E-state index in [1.165, 1.54) is 0 Å². The number of benzene rings is 1. The zero-order chi connectivity index (χ0) is 10.7. The maximum atomic E-state index is 5.98. The lowest BCUT2D eigenvalue weighted by atomic mass is 10.3. The lowest BCUT2D eigenvalue weighted by Gasteiger charge is -2.06. The quantitative estimate of drug-likeness (QED) is 0.857. The van der Waals surface area contributed by atoms with Crippen LogP contribution in [0.15, 0.2) is 36.5 Å². The molecule has 1 heterocycles. The molecule has 0 fully saturated rings. The fourth-order valence-electron chi connectivity index (χ4n) is 1.11. The lowest BCUT2D eigenvalue weighted by molar-refractivity contribution is 1.30. The number of anilines is 2. The molecule has 75 valence electrons. The molecule has 2 nitrogen and oxygen atoms in total. The summed E-state index contributed by atoms with van der Waals surface area (Å²) in [5.41, 5.74) is 0.721. The zero-order valence-corrected chi connectivity index (χ0v) is 9.18. The summed E-state index contributed by atoms with van der Waals surface area (Å²) in [6.07, 6.45) is 1.68. The molecule has 1 radical (unpaired) electrons. The molecule has 2 aromatic rings. The summed E-state index contributed by atoms with van der Waals surface area (Å²) in [7, 11) is 0. The molecular weight excluding hydrogens is 231 g/mol. The normalized spacial score (nSPS) is 10.0. The summed E-state index contributed by atoms with van der Waals surface area (Å²) in [6, 6.07) is 11.7. The Hall–Kier alpha value is -1.25. The van der Waals surface area contributed by atoms with E-state index in [4.69, 9.17) is 23.2 Å².